The Morgan fingerprint density at radius 3 is 1.92 bits per heavy atom. The monoisotopic (exact) mass is 170 g/mol. The summed E-state index contributed by atoms with van der Waals surface area (Å²) in [5.74, 6) is 0. The van der Waals surface area contributed by atoms with Crippen molar-refractivity contribution in [3.05, 3.63) is 0 Å². The molecule has 0 rings (SSSR count). The predicted molar refractivity (Wildman–Crippen MR) is 51.9 cm³/mol. The first-order valence-corrected chi connectivity index (χ1v) is 4.92. The molecule has 0 saturated heterocycles. The molecule has 0 amide bonds. The Morgan fingerprint density at radius 1 is 1.08 bits per heavy atom. The van der Waals surface area contributed by atoms with Crippen molar-refractivity contribution in [3.8, 4) is 0 Å². The molecule has 0 aromatic heterocycles. The zero-order valence-electron chi connectivity index (χ0n) is 8.31. The Bertz CT molecular complexity index is 96.0. The molecular weight excluding hydrogens is 150 g/mol. The minimum atomic E-state index is 0.486. The highest BCUT2D eigenvalue weighted by atomic mass is 16.1. The number of hydrogen-bond acceptors (Lipinski definition) is 2. The van der Waals surface area contributed by atoms with E-state index in [-0.39, 0.29) is 0 Å². The van der Waals surface area contributed by atoms with Crippen LogP contribution in [0.25, 0.3) is 0 Å². The molecule has 0 bridgehead atoms. The van der Waals surface area contributed by atoms with Crippen molar-refractivity contribution >= 4 is 6.29 Å². The quantitative estimate of drug-likeness (QED) is 0.555. The van der Waals surface area contributed by atoms with E-state index in [0.717, 1.165) is 13.1 Å². The molecule has 0 aliphatic rings. The normalized spacial score (nSPS) is 10.6. The highest BCUT2D eigenvalue weighted by molar-refractivity contribution is 5.52. The molecule has 1 radical (unpaired) electrons. The minimum absolute atomic E-state index is 0.486. The summed E-state index contributed by atoms with van der Waals surface area (Å²) in [5, 5.41) is 0. The van der Waals surface area contributed by atoms with E-state index in [1.165, 1.54) is 25.7 Å². The van der Waals surface area contributed by atoms with Crippen LogP contribution in [-0.4, -0.2) is 30.8 Å². The second-order valence-corrected chi connectivity index (χ2v) is 3.13. The van der Waals surface area contributed by atoms with E-state index in [1.807, 2.05) is 6.29 Å². The molecule has 0 heterocycles. The Labute approximate surface area is 75.9 Å². The molecule has 2 nitrogen and oxygen atoms in total. The van der Waals surface area contributed by atoms with Crippen LogP contribution < -0.4 is 0 Å². The molecule has 0 aliphatic heterocycles. The van der Waals surface area contributed by atoms with Crippen molar-refractivity contribution < 1.29 is 4.79 Å². The van der Waals surface area contributed by atoms with Crippen LogP contribution in [0.3, 0.4) is 0 Å². The van der Waals surface area contributed by atoms with Gasteiger partial charge in [0, 0.05) is 0 Å². The first kappa shape index (κ1) is 11.6. The fourth-order valence-corrected chi connectivity index (χ4v) is 1.12. The third kappa shape index (κ3) is 6.35. The van der Waals surface area contributed by atoms with Gasteiger partial charge in [0.15, 0.2) is 0 Å². The Balaban J connectivity index is 3.46. The molecule has 0 aromatic carbocycles. The third-order valence-electron chi connectivity index (χ3n) is 1.94. The molecule has 12 heavy (non-hydrogen) atoms. The SMILES string of the molecule is CCCCN(C[C]=O)CCCC. The molecule has 0 spiro atoms. The molecule has 0 aromatic rings. The van der Waals surface area contributed by atoms with Crippen molar-refractivity contribution in [2.24, 2.45) is 0 Å². The van der Waals surface area contributed by atoms with Gasteiger partial charge in [-0.15, -0.1) is 0 Å². The Kier molecular flexibility index (Phi) is 8.46. The maximum atomic E-state index is 10.2. The van der Waals surface area contributed by atoms with Gasteiger partial charge in [-0.2, -0.15) is 0 Å². The van der Waals surface area contributed by atoms with Crippen molar-refractivity contribution in [2.45, 2.75) is 39.5 Å². The number of rotatable bonds is 8. The third-order valence-corrected chi connectivity index (χ3v) is 1.94. The topological polar surface area (TPSA) is 20.3 Å². The Hall–Kier alpha value is -0.370. The zero-order valence-corrected chi connectivity index (χ0v) is 8.31. The minimum Gasteiger partial charge on any atom is -0.296 e. The summed E-state index contributed by atoms with van der Waals surface area (Å²) in [6, 6.07) is 0. The van der Waals surface area contributed by atoms with Gasteiger partial charge in [-0.05, 0) is 25.9 Å². The largest absolute Gasteiger partial charge is 0.296 e. The molecule has 0 atom stereocenters. The highest BCUT2D eigenvalue weighted by Gasteiger charge is 2.01. The van der Waals surface area contributed by atoms with Gasteiger partial charge in [0.1, 0.15) is 0 Å². The standard InChI is InChI=1S/C10H20NO/c1-3-5-7-11(9-10-12)8-6-4-2/h3-9H2,1-2H3. The van der Waals surface area contributed by atoms with E-state index >= 15 is 0 Å². The predicted octanol–water partition coefficient (Wildman–Crippen LogP) is 2.00. The molecule has 0 aliphatic carbocycles. The van der Waals surface area contributed by atoms with E-state index in [9.17, 15) is 4.79 Å². The highest BCUT2D eigenvalue weighted by Crippen LogP contribution is 1.97. The summed E-state index contributed by atoms with van der Waals surface area (Å²) < 4.78 is 0. The molecule has 0 N–H and O–H groups in total. The second kappa shape index (κ2) is 8.72. The lowest BCUT2D eigenvalue weighted by atomic mass is 10.2. The molecule has 71 valence electrons. The van der Waals surface area contributed by atoms with Crippen molar-refractivity contribution in [1.82, 2.24) is 4.90 Å². The van der Waals surface area contributed by atoms with Crippen LogP contribution in [-0.2, 0) is 4.79 Å². The molecule has 2 heteroatoms. The average molecular weight is 170 g/mol. The molecular formula is C10H20NO. The summed E-state index contributed by atoms with van der Waals surface area (Å²) in [4.78, 5) is 12.4. The van der Waals surface area contributed by atoms with E-state index in [0.29, 0.717) is 6.54 Å². The van der Waals surface area contributed by atoms with Crippen molar-refractivity contribution in [1.29, 1.82) is 0 Å². The van der Waals surface area contributed by atoms with Gasteiger partial charge in [0.25, 0.3) is 0 Å². The second-order valence-electron chi connectivity index (χ2n) is 3.13. The smallest absolute Gasteiger partial charge is 0.213 e. The number of nitrogens with zero attached hydrogens (tertiary/aromatic N) is 1. The van der Waals surface area contributed by atoms with Crippen molar-refractivity contribution in [2.75, 3.05) is 19.6 Å². The Morgan fingerprint density at radius 2 is 1.58 bits per heavy atom. The first-order valence-electron chi connectivity index (χ1n) is 4.92. The summed E-state index contributed by atoms with van der Waals surface area (Å²) in [6.07, 6.45) is 6.73. The van der Waals surface area contributed by atoms with E-state index in [4.69, 9.17) is 0 Å². The van der Waals surface area contributed by atoms with Crippen LogP contribution in [0.2, 0.25) is 0 Å². The fourth-order valence-electron chi connectivity index (χ4n) is 1.12. The van der Waals surface area contributed by atoms with Crippen LogP contribution in [0, 0.1) is 0 Å². The zero-order chi connectivity index (χ0) is 9.23. The summed E-state index contributed by atoms with van der Waals surface area (Å²) in [7, 11) is 0. The van der Waals surface area contributed by atoms with Gasteiger partial charge >= 0.3 is 0 Å². The summed E-state index contributed by atoms with van der Waals surface area (Å²) >= 11 is 0. The van der Waals surface area contributed by atoms with Gasteiger partial charge < -0.3 is 0 Å². The van der Waals surface area contributed by atoms with Crippen molar-refractivity contribution in [3.63, 3.8) is 0 Å². The van der Waals surface area contributed by atoms with Gasteiger partial charge in [-0.25, -0.2) is 0 Å². The van der Waals surface area contributed by atoms with Crippen LogP contribution in [0.4, 0.5) is 0 Å². The maximum Gasteiger partial charge on any atom is 0.213 e. The van der Waals surface area contributed by atoms with E-state index in [2.05, 4.69) is 18.7 Å². The number of hydrogen-bond donors (Lipinski definition) is 0. The van der Waals surface area contributed by atoms with Crippen LogP contribution >= 0.6 is 0 Å². The first-order chi connectivity index (χ1) is 5.85. The molecule has 0 fully saturated rings. The molecule has 0 saturated carbocycles. The fraction of sp³-hybridized carbons (Fsp3) is 0.900. The summed E-state index contributed by atoms with van der Waals surface area (Å²) in [5.41, 5.74) is 0. The van der Waals surface area contributed by atoms with E-state index < -0.39 is 0 Å². The van der Waals surface area contributed by atoms with Gasteiger partial charge in [-0.3, -0.25) is 9.69 Å². The average Bonchev–Trinajstić information content (AvgIpc) is 2.10. The van der Waals surface area contributed by atoms with Gasteiger partial charge in [-0.1, -0.05) is 26.7 Å². The van der Waals surface area contributed by atoms with E-state index in [1.54, 1.807) is 0 Å². The van der Waals surface area contributed by atoms with Crippen LogP contribution in [0.1, 0.15) is 39.5 Å². The van der Waals surface area contributed by atoms with Gasteiger partial charge in [0.2, 0.25) is 6.29 Å². The summed E-state index contributed by atoms with van der Waals surface area (Å²) in [6.45, 7) is 6.92. The lowest BCUT2D eigenvalue weighted by molar-refractivity contribution is 0.296. The lowest BCUT2D eigenvalue weighted by Crippen LogP contribution is -2.27. The van der Waals surface area contributed by atoms with Crippen LogP contribution in [0.5, 0.6) is 0 Å². The number of carbonyl (C=O) groups excluding carboxylic acids is 1. The van der Waals surface area contributed by atoms with Crippen LogP contribution in [0.15, 0.2) is 0 Å². The van der Waals surface area contributed by atoms with Gasteiger partial charge in [0.05, 0.1) is 6.54 Å². The number of unbranched alkanes of at least 4 members (excludes halogenated alkanes) is 2. The lowest BCUT2D eigenvalue weighted by Gasteiger charge is -2.17. The molecule has 0 unspecified atom stereocenters. The maximum absolute atomic E-state index is 10.2.